The average molecular weight is 287 g/mol. The number of rotatable bonds is 4. The van der Waals surface area contributed by atoms with Gasteiger partial charge in [-0.1, -0.05) is 12.1 Å². The molecule has 1 atom stereocenters. The van der Waals surface area contributed by atoms with Crippen molar-refractivity contribution in [3.63, 3.8) is 0 Å². The second kappa shape index (κ2) is 7.21. The Kier molecular flexibility index (Phi) is 5.32. The molecule has 0 saturated carbocycles. The molecule has 0 radical (unpaired) electrons. The van der Waals surface area contributed by atoms with E-state index in [1.165, 1.54) is 0 Å². The van der Waals surface area contributed by atoms with Crippen LogP contribution in [0, 0.1) is 11.3 Å². The number of carbonyl (C=O) groups is 1. The van der Waals surface area contributed by atoms with Gasteiger partial charge in [-0.05, 0) is 24.6 Å². The van der Waals surface area contributed by atoms with Crippen LogP contribution in [0.15, 0.2) is 24.3 Å². The highest BCUT2D eigenvalue weighted by molar-refractivity contribution is 5.78. The maximum Gasteiger partial charge on any atom is 0.227 e. The number of nitriles is 1. The zero-order valence-electron chi connectivity index (χ0n) is 12.3. The molecule has 1 aliphatic heterocycles. The minimum atomic E-state index is -0.328. The van der Waals surface area contributed by atoms with Gasteiger partial charge < -0.3 is 10.0 Å². The Morgan fingerprint density at radius 2 is 1.90 bits per heavy atom. The molecule has 1 aliphatic rings. The summed E-state index contributed by atoms with van der Waals surface area (Å²) in [5.74, 6) is 0.122. The van der Waals surface area contributed by atoms with E-state index < -0.39 is 0 Å². The summed E-state index contributed by atoms with van der Waals surface area (Å²) in [5.41, 5.74) is 1.54. The van der Waals surface area contributed by atoms with Crippen LogP contribution in [0.1, 0.15) is 18.1 Å². The molecule has 0 spiro atoms. The van der Waals surface area contributed by atoms with Crippen molar-refractivity contribution in [1.29, 1.82) is 5.26 Å². The van der Waals surface area contributed by atoms with Gasteiger partial charge in [-0.15, -0.1) is 0 Å². The van der Waals surface area contributed by atoms with Crippen molar-refractivity contribution in [3.8, 4) is 6.07 Å². The van der Waals surface area contributed by atoms with Gasteiger partial charge in [0.1, 0.15) is 0 Å². The highest BCUT2D eigenvalue weighted by Crippen LogP contribution is 2.09. The number of hydrogen-bond donors (Lipinski definition) is 1. The quantitative estimate of drug-likeness (QED) is 0.882. The van der Waals surface area contributed by atoms with Crippen molar-refractivity contribution < 1.29 is 9.90 Å². The summed E-state index contributed by atoms with van der Waals surface area (Å²) in [7, 11) is 0. The molecule has 2 rings (SSSR count). The summed E-state index contributed by atoms with van der Waals surface area (Å²) < 4.78 is 0. The topological polar surface area (TPSA) is 67.6 Å². The summed E-state index contributed by atoms with van der Waals surface area (Å²) in [6, 6.07) is 9.22. The first-order valence-electron chi connectivity index (χ1n) is 7.25. The van der Waals surface area contributed by atoms with Gasteiger partial charge in [0, 0.05) is 32.7 Å². The standard InChI is InChI=1S/C16H21N3O2/c1-13(20)12-18-6-8-19(9-7-18)16(21)10-14-2-4-15(11-17)5-3-14/h2-5,13,20H,6-10,12H2,1H3/t13-/m1/s1. The second-order valence-corrected chi connectivity index (χ2v) is 5.52. The zero-order chi connectivity index (χ0) is 15.2. The predicted octanol–water partition coefficient (Wildman–Crippen LogP) is 0.626. The van der Waals surface area contributed by atoms with Crippen molar-refractivity contribution >= 4 is 5.91 Å². The summed E-state index contributed by atoms with van der Waals surface area (Å²) in [4.78, 5) is 16.3. The van der Waals surface area contributed by atoms with Crippen molar-refractivity contribution in [2.24, 2.45) is 0 Å². The molecule has 0 aliphatic carbocycles. The molecular formula is C16H21N3O2. The molecule has 0 bridgehead atoms. The second-order valence-electron chi connectivity index (χ2n) is 5.52. The van der Waals surface area contributed by atoms with E-state index in [-0.39, 0.29) is 12.0 Å². The first kappa shape index (κ1) is 15.5. The van der Waals surface area contributed by atoms with Crippen LogP contribution >= 0.6 is 0 Å². The number of aliphatic hydroxyl groups is 1. The zero-order valence-corrected chi connectivity index (χ0v) is 12.3. The van der Waals surface area contributed by atoms with Gasteiger partial charge in [0.05, 0.1) is 24.2 Å². The first-order chi connectivity index (χ1) is 10.1. The fourth-order valence-electron chi connectivity index (χ4n) is 2.54. The van der Waals surface area contributed by atoms with E-state index >= 15 is 0 Å². The molecule has 1 aromatic carbocycles. The van der Waals surface area contributed by atoms with Crippen LogP contribution in [0.25, 0.3) is 0 Å². The molecule has 0 aromatic heterocycles. The van der Waals surface area contributed by atoms with E-state index in [9.17, 15) is 9.90 Å². The number of carbonyl (C=O) groups excluding carboxylic acids is 1. The summed E-state index contributed by atoms with van der Waals surface area (Å²) >= 11 is 0. The number of β-amino-alcohol motifs (C(OH)–C–C–N with tert-alkyl or cyclic N) is 1. The maximum absolute atomic E-state index is 12.2. The smallest absolute Gasteiger partial charge is 0.227 e. The Labute approximate surface area is 125 Å². The van der Waals surface area contributed by atoms with E-state index in [0.717, 1.165) is 18.7 Å². The fourth-order valence-corrected chi connectivity index (χ4v) is 2.54. The Morgan fingerprint density at radius 3 is 2.43 bits per heavy atom. The van der Waals surface area contributed by atoms with Crippen molar-refractivity contribution in [1.82, 2.24) is 9.80 Å². The van der Waals surface area contributed by atoms with Crippen molar-refractivity contribution in [2.75, 3.05) is 32.7 Å². The SMILES string of the molecule is C[C@@H](O)CN1CCN(C(=O)Cc2ccc(C#N)cc2)CC1. The number of nitrogens with zero attached hydrogens (tertiary/aromatic N) is 3. The van der Waals surface area contributed by atoms with Crippen LogP contribution in [0.2, 0.25) is 0 Å². The Morgan fingerprint density at radius 1 is 1.29 bits per heavy atom. The molecular weight excluding hydrogens is 266 g/mol. The third-order valence-corrected chi connectivity index (χ3v) is 3.69. The predicted molar refractivity (Wildman–Crippen MR) is 79.6 cm³/mol. The molecule has 1 N–H and O–H groups in total. The van der Waals surface area contributed by atoms with E-state index in [4.69, 9.17) is 5.26 Å². The summed E-state index contributed by atoms with van der Waals surface area (Å²) in [6.07, 6.45) is 0.0492. The van der Waals surface area contributed by atoms with Gasteiger partial charge in [0.2, 0.25) is 5.91 Å². The van der Waals surface area contributed by atoms with E-state index in [1.807, 2.05) is 17.0 Å². The summed E-state index contributed by atoms with van der Waals surface area (Å²) in [6.45, 7) is 5.48. The monoisotopic (exact) mass is 287 g/mol. The minimum Gasteiger partial charge on any atom is -0.392 e. The molecule has 0 unspecified atom stereocenters. The lowest BCUT2D eigenvalue weighted by atomic mass is 10.1. The molecule has 1 fully saturated rings. The summed E-state index contributed by atoms with van der Waals surface area (Å²) in [5, 5.41) is 18.1. The van der Waals surface area contributed by atoms with Crippen LogP contribution in [-0.4, -0.2) is 59.6 Å². The number of piperazine rings is 1. The van der Waals surface area contributed by atoms with Gasteiger partial charge in [0.25, 0.3) is 0 Å². The van der Waals surface area contributed by atoms with Gasteiger partial charge in [-0.2, -0.15) is 5.26 Å². The number of hydrogen-bond acceptors (Lipinski definition) is 4. The van der Waals surface area contributed by atoms with Crippen LogP contribution in [0.3, 0.4) is 0 Å². The lowest BCUT2D eigenvalue weighted by Gasteiger charge is -2.35. The van der Waals surface area contributed by atoms with Gasteiger partial charge in [-0.3, -0.25) is 9.69 Å². The largest absolute Gasteiger partial charge is 0.392 e. The van der Waals surface area contributed by atoms with Crippen LogP contribution < -0.4 is 0 Å². The van der Waals surface area contributed by atoms with Crippen molar-refractivity contribution in [3.05, 3.63) is 35.4 Å². The lowest BCUT2D eigenvalue weighted by Crippen LogP contribution is -2.50. The van der Waals surface area contributed by atoms with Crippen LogP contribution in [0.5, 0.6) is 0 Å². The third kappa shape index (κ3) is 4.55. The van der Waals surface area contributed by atoms with Crippen molar-refractivity contribution in [2.45, 2.75) is 19.4 Å². The molecule has 1 saturated heterocycles. The van der Waals surface area contributed by atoms with Gasteiger partial charge >= 0.3 is 0 Å². The molecule has 1 aromatic rings. The van der Waals surface area contributed by atoms with E-state index in [1.54, 1.807) is 19.1 Å². The minimum absolute atomic E-state index is 0.122. The van der Waals surface area contributed by atoms with Crippen LogP contribution in [0.4, 0.5) is 0 Å². The van der Waals surface area contributed by atoms with E-state index in [0.29, 0.717) is 31.6 Å². The first-order valence-corrected chi connectivity index (χ1v) is 7.25. The number of aliphatic hydroxyl groups excluding tert-OH is 1. The average Bonchev–Trinajstić information content (AvgIpc) is 2.48. The Hall–Kier alpha value is -1.90. The molecule has 1 heterocycles. The lowest BCUT2D eigenvalue weighted by molar-refractivity contribution is -0.132. The van der Waals surface area contributed by atoms with Gasteiger partial charge in [0.15, 0.2) is 0 Å². The molecule has 21 heavy (non-hydrogen) atoms. The number of amides is 1. The van der Waals surface area contributed by atoms with Gasteiger partial charge in [-0.25, -0.2) is 0 Å². The Bertz CT molecular complexity index is 511. The Balaban J connectivity index is 1.83. The molecule has 112 valence electrons. The molecule has 5 heteroatoms. The highest BCUT2D eigenvalue weighted by Gasteiger charge is 2.21. The highest BCUT2D eigenvalue weighted by atomic mass is 16.3. The molecule has 5 nitrogen and oxygen atoms in total. The fraction of sp³-hybridized carbons (Fsp3) is 0.500. The molecule has 1 amide bonds. The van der Waals surface area contributed by atoms with Crippen LogP contribution in [-0.2, 0) is 11.2 Å². The number of benzene rings is 1. The van der Waals surface area contributed by atoms with E-state index in [2.05, 4.69) is 11.0 Å². The maximum atomic E-state index is 12.2. The normalized spacial score (nSPS) is 17.3. The third-order valence-electron chi connectivity index (χ3n) is 3.69.